The molecule has 124 valence electrons. The van der Waals surface area contributed by atoms with Crippen molar-refractivity contribution in [3.63, 3.8) is 0 Å². The molecule has 1 N–H and O–H groups in total. The summed E-state index contributed by atoms with van der Waals surface area (Å²) < 4.78 is 13.5. The number of carbonyl (C=O) groups excluding carboxylic acids is 1. The molecule has 0 saturated carbocycles. The molecule has 5 heteroatoms. The lowest BCUT2D eigenvalue weighted by Gasteiger charge is -2.34. The lowest BCUT2D eigenvalue weighted by molar-refractivity contribution is 0.0385. The summed E-state index contributed by atoms with van der Waals surface area (Å²) in [4.78, 5) is 14.1. The molecule has 0 aromatic heterocycles. The Kier molecular flexibility index (Phi) is 5.73. The van der Waals surface area contributed by atoms with E-state index in [-0.39, 0.29) is 29.1 Å². The highest BCUT2D eigenvalue weighted by atomic mass is 19.1. The van der Waals surface area contributed by atoms with Crippen LogP contribution < -0.4 is 0 Å². The van der Waals surface area contributed by atoms with Crippen molar-refractivity contribution in [1.29, 1.82) is 5.26 Å². The topological polar surface area (TPSA) is 64.3 Å². The molecule has 0 aliphatic carbocycles. The summed E-state index contributed by atoms with van der Waals surface area (Å²) in [7, 11) is 0. The van der Waals surface area contributed by atoms with E-state index in [4.69, 9.17) is 5.26 Å². The Morgan fingerprint density at radius 3 is 2.61 bits per heavy atom. The van der Waals surface area contributed by atoms with Gasteiger partial charge in [0.15, 0.2) is 0 Å². The van der Waals surface area contributed by atoms with Crippen LogP contribution in [-0.2, 0) is 0 Å². The Balaban J connectivity index is 1.99. The predicted molar refractivity (Wildman–Crippen MR) is 85.2 cm³/mol. The largest absolute Gasteiger partial charge is 0.393 e. The van der Waals surface area contributed by atoms with Crippen LogP contribution in [-0.4, -0.2) is 35.1 Å². The average molecular weight is 318 g/mol. The second-order valence-electron chi connectivity index (χ2n) is 6.67. The number of aliphatic hydroxyl groups excluding tert-OH is 1. The fraction of sp³-hybridized carbons (Fsp3) is 0.556. The summed E-state index contributed by atoms with van der Waals surface area (Å²) in [5, 5.41) is 19.1. The van der Waals surface area contributed by atoms with Crippen LogP contribution in [0.4, 0.5) is 4.39 Å². The van der Waals surface area contributed by atoms with Gasteiger partial charge in [-0.15, -0.1) is 0 Å². The molecule has 1 heterocycles. The Labute approximate surface area is 136 Å². The smallest absolute Gasteiger partial charge is 0.254 e. The van der Waals surface area contributed by atoms with Gasteiger partial charge in [-0.3, -0.25) is 4.79 Å². The van der Waals surface area contributed by atoms with E-state index >= 15 is 0 Å². The number of rotatable bonds is 4. The number of piperidine rings is 1. The third-order valence-electron chi connectivity index (χ3n) is 4.36. The van der Waals surface area contributed by atoms with E-state index in [0.717, 1.165) is 25.3 Å². The number of hydrogen-bond acceptors (Lipinski definition) is 3. The summed E-state index contributed by atoms with van der Waals surface area (Å²) in [6, 6.07) is 5.57. The highest BCUT2D eigenvalue weighted by molar-refractivity contribution is 5.94. The van der Waals surface area contributed by atoms with Crippen LogP contribution in [0.1, 0.15) is 49.0 Å². The molecule has 0 unspecified atom stereocenters. The maximum atomic E-state index is 13.5. The molecule has 23 heavy (non-hydrogen) atoms. The predicted octanol–water partition coefficient (Wildman–Crippen LogP) is 2.96. The van der Waals surface area contributed by atoms with Gasteiger partial charge < -0.3 is 10.0 Å². The van der Waals surface area contributed by atoms with E-state index in [1.54, 1.807) is 4.90 Å². The van der Waals surface area contributed by atoms with Gasteiger partial charge >= 0.3 is 0 Å². The number of likely N-dealkylation sites (tertiary alicyclic amines) is 1. The zero-order valence-electron chi connectivity index (χ0n) is 13.6. The molecule has 1 fully saturated rings. The molecule has 1 aromatic rings. The van der Waals surface area contributed by atoms with Crippen LogP contribution in [0.5, 0.6) is 0 Å². The van der Waals surface area contributed by atoms with Crippen molar-refractivity contribution in [1.82, 2.24) is 4.90 Å². The molecular weight excluding hydrogens is 295 g/mol. The fourth-order valence-corrected chi connectivity index (χ4v) is 3.12. The monoisotopic (exact) mass is 318 g/mol. The Morgan fingerprint density at radius 2 is 2.04 bits per heavy atom. The molecule has 1 aliphatic heterocycles. The first-order valence-corrected chi connectivity index (χ1v) is 8.08. The van der Waals surface area contributed by atoms with E-state index < -0.39 is 5.82 Å². The number of halogens is 1. The Morgan fingerprint density at radius 1 is 1.39 bits per heavy atom. The van der Waals surface area contributed by atoms with Crippen molar-refractivity contribution in [2.75, 3.05) is 13.1 Å². The van der Waals surface area contributed by atoms with Gasteiger partial charge in [0.05, 0.1) is 17.7 Å². The maximum Gasteiger partial charge on any atom is 0.254 e. The van der Waals surface area contributed by atoms with Gasteiger partial charge in [0.2, 0.25) is 0 Å². The molecule has 0 radical (unpaired) electrons. The second-order valence-corrected chi connectivity index (χ2v) is 6.67. The zero-order chi connectivity index (χ0) is 17.0. The van der Waals surface area contributed by atoms with Gasteiger partial charge in [-0.05, 0) is 49.3 Å². The molecule has 1 aliphatic rings. The third-order valence-corrected chi connectivity index (χ3v) is 4.36. The summed E-state index contributed by atoms with van der Waals surface area (Å²) >= 11 is 0. The first-order chi connectivity index (χ1) is 10.9. The minimum absolute atomic E-state index is 0.149. The van der Waals surface area contributed by atoms with E-state index in [9.17, 15) is 14.3 Å². The molecule has 0 spiro atoms. The van der Waals surface area contributed by atoms with Crippen molar-refractivity contribution < 1.29 is 14.3 Å². The number of carbonyl (C=O) groups is 1. The first kappa shape index (κ1) is 17.4. The van der Waals surface area contributed by atoms with Crippen molar-refractivity contribution in [3.8, 4) is 6.07 Å². The van der Waals surface area contributed by atoms with Crippen LogP contribution in [0.3, 0.4) is 0 Å². The van der Waals surface area contributed by atoms with Gasteiger partial charge in [0.25, 0.3) is 5.91 Å². The van der Waals surface area contributed by atoms with Crippen molar-refractivity contribution in [2.45, 2.75) is 39.2 Å². The van der Waals surface area contributed by atoms with Crippen LogP contribution in [0, 0.1) is 29.0 Å². The molecule has 1 aromatic carbocycles. The first-order valence-electron chi connectivity index (χ1n) is 8.08. The lowest BCUT2D eigenvalue weighted by Crippen LogP contribution is -2.41. The number of hydrogen-bond donors (Lipinski definition) is 1. The quantitative estimate of drug-likeness (QED) is 0.928. The average Bonchev–Trinajstić information content (AvgIpc) is 2.53. The number of benzene rings is 1. The molecular formula is C18H23FN2O2. The lowest BCUT2D eigenvalue weighted by atomic mass is 9.87. The summed E-state index contributed by atoms with van der Waals surface area (Å²) in [5.41, 5.74) is 0.360. The van der Waals surface area contributed by atoms with Gasteiger partial charge in [0.1, 0.15) is 5.82 Å². The SMILES string of the molecule is CC(C)C[C@H](O)C1CCN(C(=O)c2cc(F)cc(C#N)c2)CC1. The Hall–Kier alpha value is -1.93. The van der Waals surface area contributed by atoms with Crippen molar-refractivity contribution in [2.24, 2.45) is 11.8 Å². The van der Waals surface area contributed by atoms with E-state index in [1.165, 1.54) is 12.1 Å². The van der Waals surface area contributed by atoms with Gasteiger partial charge in [-0.1, -0.05) is 13.8 Å². The van der Waals surface area contributed by atoms with Crippen molar-refractivity contribution >= 4 is 5.91 Å². The van der Waals surface area contributed by atoms with Crippen LogP contribution >= 0.6 is 0 Å². The third kappa shape index (κ3) is 4.52. The van der Waals surface area contributed by atoms with Crippen molar-refractivity contribution in [3.05, 3.63) is 35.1 Å². The molecule has 2 rings (SSSR count). The minimum Gasteiger partial charge on any atom is -0.393 e. The molecule has 1 atom stereocenters. The number of amides is 1. The highest BCUT2D eigenvalue weighted by Gasteiger charge is 2.28. The van der Waals surface area contributed by atoms with Gasteiger partial charge in [-0.25, -0.2) is 4.39 Å². The highest BCUT2D eigenvalue weighted by Crippen LogP contribution is 2.25. The second kappa shape index (κ2) is 7.56. The number of nitrogens with zero attached hydrogens (tertiary/aromatic N) is 2. The van der Waals surface area contributed by atoms with Gasteiger partial charge in [-0.2, -0.15) is 5.26 Å². The number of nitriles is 1. The van der Waals surface area contributed by atoms with E-state index in [2.05, 4.69) is 13.8 Å². The standard InChI is InChI=1S/C18H23FN2O2/c1-12(2)7-17(22)14-3-5-21(6-4-14)18(23)15-8-13(11-20)9-16(19)10-15/h8-10,12,14,17,22H,3-7H2,1-2H3/t17-/m0/s1. The van der Waals surface area contributed by atoms with Gasteiger partial charge in [0, 0.05) is 18.7 Å². The van der Waals surface area contributed by atoms with Crippen LogP contribution in [0.2, 0.25) is 0 Å². The summed E-state index contributed by atoms with van der Waals surface area (Å²) in [5.74, 6) is -0.169. The summed E-state index contributed by atoms with van der Waals surface area (Å²) in [6.07, 6.45) is 1.94. The summed E-state index contributed by atoms with van der Waals surface area (Å²) in [6.45, 7) is 5.27. The van der Waals surface area contributed by atoms with Crippen LogP contribution in [0.15, 0.2) is 18.2 Å². The van der Waals surface area contributed by atoms with E-state index in [1.807, 2.05) is 6.07 Å². The maximum absolute atomic E-state index is 13.5. The zero-order valence-corrected chi connectivity index (χ0v) is 13.6. The molecule has 1 amide bonds. The normalized spacial score (nSPS) is 17.1. The molecule has 4 nitrogen and oxygen atoms in total. The fourth-order valence-electron chi connectivity index (χ4n) is 3.12. The van der Waals surface area contributed by atoms with Crippen LogP contribution in [0.25, 0.3) is 0 Å². The Bertz CT molecular complexity index is 602. The molecule has 1 saturated heterocycles. The molecule has 0 bridgehead atoms. The minimum atomic E-state index is -0.574. The van der Waals surface area contributed by atoms with E-state index in [0.29, 0.717) is 19.0 Å². The number of aliphatic hydroxyl groups is 1.